The van der Waals surface area contributed by atoms with Crippen molar-refractivity contribution in [2.75, 3.05) is 11.9 Å². The summed E-state index contributed by atoms with van der Waals surface area (Å²) >= 11 is 0. The number of carbonyl (C=O) groups is 1. The van der Waals surface area contributed by atoms with E-state index >= 15 is 0 Å². The highest BCUT2D eigenvalue weighted by atomic mass is 16.2. The molecule has 0 spiro atoms. The maximum Gasteiger partial charge on any atom is 0.252 e. The third-order valence-electron chi connectivity index (χ3n) is 2.91. The molecule has 80 valence electrons. The predicted molar refractivity (Wildman–Crippen MR) is 57.9 cm³/mol. The van der Waals surface area contributed by atoms with Gasteiger partial charge in [0.1, 0.15) is 5.82 Å². The summed E-state index contributed by atoms with van der Waals surface area (Å²) in [5, 5.41) is 0. The van der Waals surface area contributed by atoms with E-state index in [9.17, 15) is 9.59 Å². The number of hydrogen-bond donors (Lipinski definition) is 0. The molecule has 4 heteroatoms. The monoisotopic (exact) mass is 206 g/mol. The topological polar surface area (TPSA) is 42.3 Å². The summed E-state index contributed by atoms with van der Waals surface area (Å²) in [5.41, 5.74) is -0.0405. The van der Waals surface area contributed by atoms with Crippen LogP contribution in [-0.2, 0) is 11.3 Å². The van der Waals surface area contributed by atoms with Crippen LogP contribution < -0.4 is 10.5 Å². The first-order valence-corrected chi connectivity index (χ1v) is 5.08. The second-order valence-corrected chi connectivity index (χ2v) is 3.96. The highest BCUT2D eigenvalue weighted by molar-refractivity contribution is 5.93. The Bertz CT molecular complexity index is 450. The zero-order chi connectivity index (χ0) is 11.0. The smallest absolute Gasteiger partial charge is 0.252 e. The molecule has 1 unspecified atom stereocenters. The molecule has 2 rings (SSSR count). The third kappa shape index (κ3) is 1.56. The van der Waals surface area contributed by atoms with Crippen molar-refractivity contribution >= 4 is 11.7 Å². The average molecular weight is 206 g/mol. The van der Waals surface area contributed by atoms with Gasteiger partial charge in [-0.3, -0.25) is 14.2 Å². The number of anilines is 1. The number of hydrogen-bond acceptors (Lipinski definition) is 2. The Morgan fingerprint density at radius 1 is 1.33 bits per heavy atom. The predicted octanol–water partition coefficient (Wildman–Crippen LogP) is 0.851. The molecule has 4 nitrogen and oxygen atoms in total. The van der Waals surface area contributed by atoms with Crippen molar-refractivity contribution < 1.29 is 4.79 Å². The molecule has 1 aliphatic heterocycles. The van der Waals surface area contributed by atoms with E-state index in [-0.39, 0.29) is 17.4 Å². The normalized spacial score (nSPS) is 21.1. The van der Waals surface area contributed by atoms with Crippen LogP contribution in [0.2, 0.25) is 0 Å². The number of fused-ring (bicyclic) bond motifs is 1. The van der Waals surface area contributed by atoms with Gasteiger partial charge in [-0.1, -0.05) is 13.0 Å². The lowest BCUT2D eigenvalue weighted by Crippen LogP contribution is -2.32. The Morgan fingerprint density at radius 3 is 2.80 bits per heavy atom. The molecule has 15 heavy (non-hydrogen) atoms. The molecule has 1 amide bonds. The van der Waals surface area contributed by atoms with E-state index in [2.05, 4.69) is 0 Å². The lowest BCUT2D eigenvalue weighted by Gasteiger charge is -2.18. The molecule has 0 aromatic carbocycles. The Labute approximate surface area is 88.1 Å². The fraction of sp³-hybridized carbons (Fsp3) is 0.455. The van der Waals surface area contributed by atoms with Crippen LogP contribution >= 0.6 is 0 Å². The van der Waals surface area contributed by atoms with E-state index in [4.69, 9.17) is 0 Å². The minimum Gasteiger partial charge on any atom is -0.301 e. The Morgan fingerprint density at radius 2 is 2.07 bits per heavy atom. The van der Waals surface area contributed by atoms with Gasteiger partial charge in [-0.15, -0.1) is 0 Å². The lowest BCUT2D eigenvalue weighted by molar-refractivity contribution is -0.121. The summed E-state index contributed by atoms with van der Waals surface area (Å²) in [6.07, 6.45) is 0.722. The Hall–Kier alpha value is -1.58. The second-order valence-electron chi connectivity index (χ2n) is 3.96. The Balaban J connectivity index is 2.57. The number of rotatable bonds is 0. The highest BCUT2D eigenvalue weighted by Crippen LogP contribution is 2.20. The van der Waals surface area contributed by atoms with Gasteiger partial charge in [0.15, 0.2) is 0 Å². The van der Waals surface area contributed by atoms with Gasteiger partial charge in [0.2, 0.25) is 5.91 Å². The molecular formula is C11H14N2O2. The number of pyridine rings is 1. The zero-order valence-electron chi connectivity index (χ0n) is 8.93. The first-order chi connectivity index (χ1) is 7.11. The van der Waals surface area contributed by atoms with Gasteiger partial charge in [-0.05, 0) is 12.5 Å². The van der Waals surface area contributed by atoms with Gasteiger partial charge >= 0.3 is 0 Å². The molecule has 1 atom stereocenters. The van der Waals surface area contributed by atoms with E-state index in [1.165, 1.54) is 6.07 Å². The van der Waals surface area contributed by atoms with Gasteiger partial charge in [0.25, 0.3) is 5.56 Å². The standard InChI is InChI=1S/C11H14N2O2/c1-8-6-7-13-9(12(2)11(8)15)4-3-5-10(13)14/h3-5,8H,6-7H2,1-2H3. The maximum atomic E-state index is 11.8. The van der Waals surface area contributed by atoms with E-state index in [1.807, 2.05) is 6.92 Å². The summed E-state index contributed by atoms with van der Waals surface area (Å²) in [4.78, 5) is 25.0. The number of aromatic nitrogens is 1. The van der Waals surface area contributed by atoms with E-state index < -0.39 is 0 Å². The molecule has 0 saturated heterocycles. The SMILES string of the molecule is CC1CCn2c(cccc2=O)N(C)C1=O. The molecule has 0 saturated carbocycles. The Kier molecular flexibility index (Phi) is 2.34. The van der Waals surface area contributed by atoms with Gasteiger partial charge in [0, 0.05) is 25.6 Å². The lowest BCUT2D eigenvalue weighted by atomic mass is 10.1. The highest BCUT2D eigenvalue weighted by Gasteiger charge is 2.24. The zero-order valence-corrected chi connectivity index (χ0v) is 8.93. The van der Waals surface area contributed by atoms with Crippen LogP contribution in [0.3, 0.4) is 0 Å². The maximum absolute atomic E-state index is 11.8. The van der Waals surface area contributed by atoms with Crippen LogP contribution in [0.15, 0.2) is 23.0 Å². The first kappa shape index (κ1) is 9.96. The van der Waals surface area contributed by atoms with Gasteiger partial charge in [0.05, 0.1) is 0 Å². The van der Waals surface area contributed by atoms with Crippen molar-refractivity contribution in [1.29, 1.82) is 0 Å². The molecule has 0 aliphatic carbocycles. The number of nitrogens with zero attached hydrogens (tertiary/aromatic N) is 2. The van der Waals surface area contributed by atoms with Gasteiger partial charge < -0.3 is 4.90 Å². The quantitative estimate of drug-likeness (QED) is 0.631. The van der Waals surface area contributed by atoms with E-state index in [0.29, 0.717) is 12.4 Å². The fourth-order valence-electron chi connectivity index (χ4n) is 1.92. The van der Waals surface area contributed by atoms with E-state index in [0.717, 1.165) is 6.42 Å². The summed E-state index contributed by atoms with van der Waals surface area (Å²) in [6.45, 7) is 2.52. The van der Waals surface area contributed by atoms with Crippen LogP contribution in [-0.4, -0.2) is 17.5 Å². The minimum atomic E-state index is -0.0405. The first-order valence-electron chi connectivity index (χ1n) is 5.08. The van der Waals surface area contributed by atoms with E-state index in [1.54, 1.807) is 28.6 Å². The summed E-state index contributed by atoms with van der Waals surface area (Å²) < 4.78 is 1.65. The third-order valence-corrected chi connectivity index (χ3v) is 2.91. The van der Waals surface area contributed by atoms with Crippen LogP contribution in [0.4, 0.5) is 5.82 Å². The number of amides is 1. The summed E-state index contributed by atoms with van der Waals surface area (Å²) in [5.74, 6) is 0.748. The van der Waals surface area contributed by atoms with Crippen LogP contribution in [0, 0.1) is 5.92 Å². The summed E-state index contributed by atoms with van der Waals surface area (Å²) in [6, 6.07) is 5.02. The van der Waals surface area contributed by atoms with Crippen molar-refractivity contribution in [2.45, 2.75) is 19.9 Å². The molecule has 1 aromatic heterocycles. The largest absolute Gasteiger partial charge is 0.301 e. The van der Waals surface area contributed by atoms with Crippen molar-refractivity contribution in [3.63, 3.8) is 0 Å². The molecule has 2 heterocycles. The molecule has 1 aromatic rings. The summed E-state index contributed by atoms with van der Waals surface area (Å²) in [7, 11) is 1.72. The fourth-order valence-corrected chi connectivity index (χ4v) is 1.92. The van der Waals surface area contributed by atoms with Crippen molar-refractivity contribution in [1.82, 2.24) is 4.57 Å². The molecule has 0 bridgehead atoms. The molecular weight excluding hydrogens is 192 g/mol. The van der Waals surface area contributed by atoms with Gasteiger partial charge in [-0.25, -0.2) is 0 Å². The van der Waals surface area contributed by atoms with Crippen LogP contribution in [0.25, 0.3) is 0 Å². The molecule has 0 N–H and O–H groups in total. The van der Waals surface area contributed by atoms with Crippen molar-refractivity contribution in [3.05, 3.63) is 28.6 Å². The molecule has 1 aliphatic rings. The van der Waals surface area contributed by atoms with Crippen LogP contribution in [0.1, 0.15) is 13.3 Å². The molecule has 0 fully saturated rings. The van der Waals surface area contributed by atoms with Crippen LogP contribution in [0.5, 0.6) is 0 Å². The minimum absolute atomic E-state index is 0.0192. The second kappa shape index (κ2) is 3.53. The van der Waals surface area contributed by atoms with Crippen molar-refractivity contribution in [2.24, 2.45) is 5.92 Å². The van der Waals surface area contributed by atoms with Gasteiger partial charge in [-0.2, -0.15) is 0 Å². The van der Waals surface area contributed by atoms with Crippen molar-refractivity contribution in [3.8, 4) is 0 Å². The average Bonchev–Trinajstić information content (AvgIpc) is 2.33. The number of carbonyl (C=O) groups excluding carboxylic acids is 1. The molecule has 0 radical (unpaired) electrons.